The number of aliphatic hydroxyl groups excluding tert-OH is 1. The molecule has 16 heavy (non-hydrogen) atoms. The summed E-state index contributed by atoms with van der Waals surface area (Å²) < 4.78 is 1.08. The van der Waals surface area contributed by atoms with E-state index in [-0.39, 0.29) is 12.3 Å². The van der Waals surface area contributed by atoms with Gasteiger partial charge in [0.15, 0.2) is 0 Å². The zero-order valence-electron chi connectivity index (χ0n) is 8.34. The molecule has 0 saturated heterocycles. The van der Waals surface area contributed by atoms with Crippen molar-refractivity contribution in [1.29, 1.82) is 0 Å². The summed E-state index contributed by atoms with van der Waals surface area (Å²) in [7, 11) is 0. The number of nitrogens with zero attached hydrogens (tertiary/aromatic N) is 2. The molecule has 4 nitrogen and oxygen atoms in total. The van der Waals surface area contributed by atoms with Crippen LogP contribution in [0.3, 0.4) is 0 Å². The number of rotatable bonds is 1. The van der Waals surface area contributed by atoms with E-state index in [0.717, 1.165) is 15.2 Å². The molecule has 1 aromatic heterocycles. The Morgan fingerprint density at radius 2 is 2.12 bits per heavy atom. The van der Waals surface area contributed by atoms with E-state index in [1.165, 1.54) is 11.3 Å². The first kappa shape index (κ1) is 9.35. The minimum Gasteiger partial charge on any atom is -0.509 e. The minimum atomic E-state index is 0.205. The first-order valence-corrected chi connectivity index (χ1v) is 5.65. The van der Waals surface area contributed by atoms with Gasteiger partial charge in [0.1, 0.15) is 16.6 Å². The Balaban J connectivity index is 2.20. The van der Waals surface area contributed by atoms with Crippen molar-refractivity contribution in [2.45, 2.75) is 0 Å². The molecule has 3 rings (SSSR count). The Morgan fingerprint density at radius 3 is 2.81 bits per heavy atom. The van der Waals surface area contributed by atoms with Gasteiger partial charge in [-0.1, -0.05) is 12.1 Å². The predicted molar refractivity (Wildman–Crippen MR) is 65.7 cm³/mol. The molecule has 0 atom stereocenters. The fourth-order valence-corrected chi connectivity index (χ4v) is 2.72. The number of thiazole rings is 1. The highest BCUT2D eigenvalue weighted by molar-refractivity contribution is 7.19. The van der Waals surface area contributed by atoms with Gasteiger partial charge in [-0.3, -0.25) is 4.99 Å². The maximum Gasteiger partial charge on any atom is 0.132 e. The molecule has 2 heterocycles. The van der Waals surface area contributed by atoms with E-state index in [0.29, 0.717) is 11.4 Å². The van der Waals surface area contributed by atoms with Crippen molar-refractivity contribution in [3.63, 3.8) is 0 Å². The second-order valence-electron chi connectivity index (χ2n) is 3.51. The summed E-state index contributed by atoms with van der Waals surface area (Å²) >= 11 is 1.51. The SMILES string of the molecule is NC1=NCC(O)=C1c1nc2ccccc2s1. The molecule has 80 valence electrons. The van der Waals surface area contributed by atoms with Crippen LogP contribution in [0, 0.1) is 0 Å². The Labute approximate surface area is 95.8 Å². The van der Waals surface area contributed by atoms with Crippen LogP contribution in [0.1, 0.15) is 5.01 Å². The normalized spacial score (nSPS) is 15.9. The number of para-hydroxylation sites is 1. The number of nitrogens with two attached hydrogens (primary N) is 1. The van der Waals surface area contributed by atoms with Crippen molar-refractivity contribution in [2.75, 3.05) is 6.54 Å². The summed E-state index contributed by atoms with van der Waals surface area (Å²) in [4.78, 5) is 8.42. The van der Waals surface area contributed by atoms with Crippen molar-refractivity contribution in [3.05, 3.63) is 35.0 Å². The third kappa shape index (κ3) is 1.29. The van der Waals surface area contributed by atoms with E-state index in [1.54, 1.807) is 0 Å². The summed E-state index contributed by atoms with van der Waals surface area (Å²) in [5.74, 6) is 0.577. The number of aliphatic hydroxyl groups is 1. The highest BCUT2D eigenvalue weighted by Gasteiger charge is 2.21. The van der Waals surface area contributed by atoms with Gasteiger partial charge in [-0.2, -0.15) is 0 Å². The average molecular weight is 231 g/mol. The van der Waals surface area contributed by atoms with Gasteiger partial charge < -0.3 is 10.8 Å². The lowest BCUT2D eigenvalue weighted by molar-refractivity contribution is 0.411. The molecule has 0 radical (unpaired) electrons. The zero-order valence-corrected chi connectivity index (χ0v) is 9.16. The number of aliphatic imine (C=N–C) groups is 1. The molecular weight excluding hydrogens is 222 g/mol. The van der Waals surface area contributed by atoms with Crippen molar-refractivity contribution < 1.29 is 5.11 Å². The summed E-state index contributed by atoms with van der Waals surface area (Å²) in [5, 5.41) is 10.4. The maximum atomic E-state index is 9.69. The average Bonchev–Trinajstić information content (AvgIpc) is 2.82. The van der Waals surface area contributed by atoms with E-state index in [1.807, 2.05) is 24.3 Å². The lowest BCUT2D eigenvalue weighted by Crippen LogP contribution is -2.11. The van der Waals surface area contributed by atoms with E-state index >= 15 is 0 Å². The zero-order chi connectivity index (χ0) is 11.1. The number of hydrogen-bond donors (Lipinski definition) is 2. The molecule has 0 unspecified atom stereocenters. The van der Waals surface area contributed by atoms with Gasteiger partial charge in [-0.15, -0.1) is 11.3 Å². The molecular formula is C11H9N3OS. The largest absolute Gasteiger partial charge is 0.509 e. The summed E-state index contributed by atoms with van der Waals surface area (Å²) in [6.07, 6.45) is 0. The Bertz CT molecular complexity index is 594. The Hall–Kier alpha value is -1.88. The molecule has 5 heteroatoms. The number of benzene rings is 1. The molecule has 0 bridgehead atoms. The van der Waals surface area contributed by atoms with Gasteiger partial charge in [-0.25, -0.2) is 4.98 Å². The van der Waals surface area contributed by atoms with Crippen LogP contribution in [-0.2, 0) is 0 Å². The van der Waals surface area contributed by atoms with Gasteiger partial charge >= 0.3 is 0 Å². The van der Waals surface area contributed by atoms with Crippen LogP contribution >= 0.6 is 11.3 Å². The van der Waals surface area contributed by atoms with Gasteiger partial charge in [0.2, 0.25) is 0 Å². The fourth-order valence-electron chi connectivity index (χ4n) is 1.68. The molecule has 0 aliphatic carbocycles. The molecule has 1 aromatic carbocycles. The maximum absolute atomic E-state index is 9.69. The van der Waals surface area contributed by atoms with Crippen LogP contribution in [-0.4, -0.2) is 22.5 Å². The van der Waals surface area contributed by atoms with Crippen LogP contribution in [0.15, 0.2) is 35.0 Å². The molecule has 0 spiro atoms. The third-order valence-corrected chi connectivity index (χ3v) is 3.51. The predicted octanol–water partition coefficient (Wildman–Crippen LogP) is 1.94. The molecule has 0 fully saturated rings. The first-order chi connectivity index (χ1) is 7.75. The lowest BCUT2D eigenvalue weighted by atomic mass is 10.2. The molecule has 2 aromatic rings. The van der Waals surface area contributed by atoms with E-state index < -0.39 is 0 Å². The Morgan fingerprint density at radius 1 is 1.31 bits per heavy atom. The van der Waals surface area contributed by atoms with Gasteiger partial charge in [0, 0.05) is 0 Å². The monoisotopic (exact) mass is 231 g/mol. The summed E-state index contributed by atoms with van der Waals surface area (Å²) in [5.41, 5.74) is 7.23. The fraction of sp³-hybridized carbons (Fsp3) is 0.0909. The van der Waals surface area contributed by atoms with Crippen LogP contribution in [0.2, 0.25) is 0 Å². The van der Waals surface area contributed by atoms with Gasteiger partial charge in [-0.05, 0) is 12.1 Å². The summed E-state index contributed by atoms with van der Waals surface area (Å²) in [6, 6.07) is 7.84. The number of hydrogen-bond acceptors (Lipinski definition) is 5. The second kappa shape index (κ2) is 3.31. The first-order valence-electron chi connectivity index (χ1n) is 4.84. The van der Waals surface area contributed by atoms with Gasteiger partial charge in [0.25, 0.3) is 0 Å². The second-order valence-corrected chi connectivity index (χ2v) is 4.54. The number of fused-ring (bicyclic) bond motifs is 1. The summed E-state index contributed by atoms with van der Waals surface area (Å²) in [6.45, 7) is 0.261. The van der Waals surface area contributed by atoms with Gasteiger partial charge in [0.05, 0.1) is 22.3 Å². The molecule has 1 aliphatic rings. The van der Waals surface area contributed by atoms with Crippen LogP contribution in [0.25, 0.3) is 15.8 Å². The Kier molecular flexibility index (Phi) is 1.94. The van der Waals surface area contributed by atoms with Crippen LogP contribution in [0.5, 0.6) is 0 Å². The topological polar surface area (TPSA) is 71.5 Å². The molecule has 0 amide bonds. The smallest absolute Gasteiger partial charge is 0.132 e. The van der Waals surface area contributed by atoms with Crippen LogP contribution in [0.4, 0.5) is 0 Å². The third-order valence-electron chi connectivity index (χ3n) is 2.45. The molecule has 1 aliphatic heterocycles. The number of amidine groups is 1. The highest BCUT2D eigenvalue weighted by atomic mass is 32.1. The van der Waals surface area contributed by atoms with Crippen molar-refractivity contribution in [1.82, 2.24) is 4.98 Å². The van der Waals surface area contributed by atoms with Crippen LogP contribution < -0.4 is 5.73 Å². The van der Waals surface area contributed by atoms with Crippen molar-refractivity contribution in [2.24, 2.45) is 10.7 Å². The lowest BCUT2D eigenvalue weighted by Gasteiger charge is -1.97. The van der Waals surface area contributed by atoms with E-state index in [4.69, 9.17) is 5.73 Å². The van der Waals surface area contributed by atoms with Crippen molar-refractivity contribution >= 4 is 33.0 Å². The molecule has 3 N–H and O–H groups in total. The standard InChI is InChI=1S/C11H9N3OS/c12-10-9(7(15)5-13-10)11-14-6-3-1-2-4-8(6)16-11/h1-4,15H,5H2,(H2,12,13). The quantitative estimate of drug-likeness (QED) is 0.787. The van der Waals surface area contributed by atoms with Crippen molar-refractivity contribution in [3.8, 4) is 0 Å². The minimum absolute atomic E-state index is 0.205. The molecule has 0 saturated carbocycles. The highest BCUT2D eigenvalue weighted by Crippen LogP contribution is 2.30. The van der Waals surface area contributed by atoms with E-state index in [9.17, 15) is 5.11 Å². The van der Waals surface area contributed by atoms with E-state index in [2.05, 4.69) is 9.98 Å². The number of aromatic nitrogens is 1.